The first-order valence-corrected chi connectivity index (χ1v) is 14.8. The largest absolute Gasteiger partial charge is 0.352 e. The maximum Gasteiger partial charge on any atom is 0.264 e. The molecule has 1 N–H and O–H groups in total. The number of sulfonamides is 1. The third-order valence-corrected chi connectivity index (χ3v) is 8.91. The molecule has 0 aromatic heterocycles. The smallest absolute Gasteiger partial charge is 0.264 e. The normalized spacial score (nSPS) is 12.9. The molecule has 0 saturated heterocycles. The molecule has 208 valence electrons. The van der Waals surface area contributed by atoms with Crippen LogP contribution in [0.5, 0.6) is 0 Å². The molecule has 3 rings (SSSR count). The number of hydrogen-bond donors (Lipinski definition) is 1. The highest BCUT2D eigenvalue weighted by atomic mass is 35.5. The molecule has 0 heterocycles. The highest BCUT2D eigenvalue weighted by Gasteiger charge is 2.33. The van der Waals surface area contributed by atoms with Gasteiger partial charge in [0.1, 0.15) is 12.6 Å². The number of amides is 2. The van der Waals surface area contributed by atoms with Crippen molar-refractivity contribution in [1.29, 1.82) is 0 Å². The zero-order valence-electron chi connectivity index (χ0n) is 23.0. The molecule has 0 fully saturated rings. The molecule has 0 spiro atoms. The number of rotatable bonds is 11. The minimum Gasteiger partial charge on any atom is -0.352 e. The van der Waals surface area contributed by atoms with Gasteiger partial charge in [-0.25, -0.2) is 8.42 Å². The minimum atomic E-state index is -4.14. The highest BCUT2D eigenvalue weighted by molar-refractivity contribution is 7.92. The number of halogens is 1. The molecule has 3 aromatic carbocycles. The topological polar surface area (TPSA) is 86.8 Å². The summed E-state index contributed by atoms with van der Waals surface area (Å²) in [6.07, 6.45) is 0.738. The molecule has 9 heteroatoms. The molecular weight excluding hydrogens is 534 g/mol. The molecule has 2 amide bonds. The summed E-state index contributed by atoms with van der Waals surface area (Å²) in [6.45, 7) is 8.81. The Hall–Kier alpha value is -3.36. The number of hydrogen-bond acceptors (Lipinski definition) is 4. The van der Waals surface area contributed by atoms with Crippen LogP contribution in [-0.4, -0.2) is 43.8 Å². The third-order valence-electron chi connectivity index (χ3n) is 6.72. The van der Waals surface area contributed by atoms with Crippen LogP contribution in [0.2, 0.25) is 5.02 Å². The van der Waals surface area contributed by atoms with Gasteiger partial charge in [0, 0.05) is 17.6 Å². The van der Waals surface area contributed by atoms with Crippen LogP contribution in [-0.2, 0) is 26.2 Å². The minimum absolute atomic E-state index is 0.0463. The summed E-state index contributed by atoms with van der Waals surface area (Å²) in [5, 5.41) is 3.32. The lowest BCUT2D eigenvalue weighted by molar-refractivity contribution is -0.139. The number of aryl methyl sites for hydroxylation is 1. The van der Waals surface area contributed by atoms with Crippen molar-refractivity contribution < 1.29 is 18.0 Å². The van der Waals surface area contributed by atoms with E-state index in [0.717, 1.165) is 21.9 Å². The summed E-state index contributed by atoms with van der Waals surface area (Å²) < 4.78 is 28.8. The summed E-state index contributed by atoms with van der Waals surface area (Å²) in [5.74, 6) is -0.816. The third kappa shape index (κ3) is 7.40. The van der Waals surface area contributed by atoms with Crippen molar-refractivity contribution in [3.63, 3.8) is 0 Å². The van der Waals surface area contributed by atoms with Crippen LogP contribution in [0.3, 0.4) is 0 Å². The van der Waals surface area contributed by atoms with E-state index in [4.69, 9.17) is 11.6 Å². The van der Waals surface area contributed by atoms with Gasteiger partial charge in [0.05, 0.1) is 10.6 Å². The second kappa shape index (κ2) is 13.1. The van der Waals surface area contributed by atoms with E-state index in [9.17, 15) is 18.0 Å². The lowest BCUT2D eigenvalue weighted by atomic mass is 10.1. The zero-order valence-corrected chi connectivity index (χ0v) is 24.6. The molecule has 2 atom stereocenters. The Balaban J connectivity index is 2.06. The van der Waals surface area contributed by atoms with Crippen molar-refractivity contribution in [2.24, 2.45) is 0 Å². The Kier molecular flexibility index (Phi) is 10.2. The monoisotopic (exact) mass is 569 g/mol. The van der Waals surface area contributed by atoms with Crippen molar-refractivity contribution >= 4 is 39.1 Å². The van der Waals surface area contributed by atoms with Crippen LogP contribution in [0.1, 0.15) is 43.9 Å². The fourth-order valence-electron chi connectivity index (χ4n) is 4.15. The number of carbonyl (C=O) groups excluding carboxylic acids is 2. The Bertz CT molecular complexity index is 1410. The standard InChI is InChI=1S/C30H36ClN3O4S/c1-6-22(3)32-30(36)24(5)33(19-25-13-10-12-21(2)18-25)29(35)20-34(28-17-11-16-27(31)23(28)4)39(37,38)26-14-8-7-9-15-26/h7-18,22,24H,6,19-20H2,1-5H3,(H,32,36)/t22-,24-/m0/s1. The Morgan fingerprint density at radius 1 is 0.949 bits per heavy atom. The van der Waals surface area contributed by atoms with Crippen molar-refractivity contribution in [2.75, 3.05) is 10.8 Å². The van der Waals surface area contributed by atoms with E-state index in [1.54, 1.807) is 50.2 Å². The molecule has 0 bridgehead atoms. The SMILES string of the molecule is CC[C@H](C)NC(=O)[C@H](C)N(Cc1cccc(C)c1)C(=O)CN(c1cccc(Cl)c1C)S(=O)(=O)c1ccccc1. The van der Waals surface area contributed by atoms with E-state index in [1.807, 2.05) is 45.0 Å². The first kappa shape index (κ1) is 30.2. The van der Waals surface area contributed by atoms with Gasteiger partial charge in [0.2, 0.25) is 11.8 Å². The molecular formula is C30H36ClN3O4S. The van der Waals surface area contributed by atoms with Crippen molar-refractivity contribution in [3.8, 4) is 0 Å². The molecule has 0 unspecified atom stereocenters. The average molecular weight is 570 g/mol. The van der Waals surface area contributed by atoms with Crippen LogP contribution < -0.4 is 9.62 Å². The summed E-state index contributed by atoms with van der Waals surface area (Å²) in [4.78, 5) is 28.6. The summed E-state index contributed by atoms with van der Waals surface area (Å²) >= 11 is 6.36. The molecule has 0 radical (unpaired) electrons. The number of benzene rings is 3. The molecule has 0 aliphatic rings. The van der Waals surface area contributed by atoms with E-state index in [-0.39, 0.29) is 23.4 Å². The highest BCUT2D eigenvalue weighted by Crippen LogP contribution is 2.31. The molecule has 7 nitrogen and oxygen atoms in total. The fourth-order valence-corrected chi connectivity index (χ4v) is 5.82. The van der Waals surface area contributed by atoms with Gasteiger partial charge < -0.3 is 10.2 Å². The molecule has 3 aromatic rings. The van der Waals surface area contributed by atoms with E-state index in [2.05, 4.69) is 5.32 Å². The van der Waals surface area contributed by atoms with Crippen LogP contribution in [0.4, 0.5) is 5.69 Å². The van der Waals surface area contributed by atoms with Crippen LogP contribution in [0, 0.1) is 13.8 Å². The Labute approximate surface area is 236 Å². The van der Waals surface area contributed by atoms with E-state index >= 15 is 0 Å². The lowest BCUT2D eigenvalue weighted by Crippen LogP contribution is -2.52. The predicted molar refractivity (Wildman–Crippen MR) is 156 cm³/mol. The van der Waals surface area contributed by atoms with Gasteiger partial charge in [-0.1, -0.05) is 72.6 Å². The van der Waals surface area contributed by atoms with Gasteiger partial charge in [0.15, 0.2) is 0 Å². The first-order valence-electron chi connectivity index (χ1n) is 12.9. The average Bonchev–Trinajstić information content (AvgIpc) is 2.92. The van der Waals surface area contributed by atoms with Gasteiger partial charge in [-0.05, 0) is 69.5 Å². The van der Waals surface area contributed by atoms with E-state index in [1.165, 1.54) is 17.0 Å². The second-order valence-electron chi connectivity index (χ2n) is 9.71. The summed E-state index contributed by atoms with van der Waals surface area (Å²) in [6, 6.07) is 19.6. The Morgan fingerprint density at radius 3 is 2.26 bits per heavy atom. The molecule has 0 aliphatic heterocycles. The molecule has 0 saturated carbocycles. The zero-order chi connectivity index (χ0) is 28.7. The van der Waals surface area contributed by atoms with Crippen LogP contribution in [0.15, 0.2) is 77.7 Å². The van der Waals surface area contributed by atoms with Crippen molar-refractivity contribution in [2.45, 2.75) is 64.6 Å². The molecule has 39 heavy (non-hydrogen) atoms. The van der Waals surface area contributed by atoms with Gasteiger partial charge in [-0.2, -0.15) is 0 Å². The van der Waals surface area contributed by atoms with E-state index in [0.29, 0.717) is 16.3 Å². The maximum atomic E-state index is 14.0. The number of nitrogens with zero attached hydrogens (tertiary/aromatic N) is 2. The number of anilines is 1. The fraction of sp³-hybridized carbons (Fsp3) is 0.333. The second-order valence-corrected chi connectivity index (χ2v) is 12.0. The van der Waals surface area contributed by atoms with Crippen LogP contribution >= 0.6 is 11.6 Å². The van der Waals surface area contributed by atoms with Gasteiger partial charge >= 0.3 is 0 Å². The predicted octanol–water partition coefficient (Wildman–Crippen LogP) is 5.48. The maximum absolute atomic E-state index is 14.0. The lowest BCUT2D eigenvalue weighted by Gasteiger charge is -2.33. The van der Waals surface area contributed by atoms with Crippen molar-refractivity contribution in [1.82, 2.24) is 10.2 Å². The summed E-state index contributed by atoms with van der Waals surface area (Å²) in [5.41, 5.74) is 2.67. The number of carbonyl (C=O) groups is 2. The van der Waals surface area contributed by atoms with Gasteiger partial charge in [-0.3, -0.25) is 13.9 Å². The molecule has 0 aliphatic carbocycles. The van der Waals surface area contributed by atoms with Gasteiger partial charge in [-0.15, -0.1) is 0 Å². The van der Waals surface area contributed by atoms with Crippen molar-refractivity contribution in [3.05, 3.63) is 94.5 Å². The summed E-state index contributed by atoms with van der Waals surface area (Å²) in [7, 11) is -4.14. The number of nitrogens with one attached hydrogen (secondary N) is 1. The van der Waals surface area contributed by atoms with Gasteiger partial charge in [0.25, 0.3) is 10.0 Å². The van der Waals surface area contributed by atoms with Crippen LogP contribution in [0.25, 0.3) is 0 Å². The quantitative estimate of drug-likeness (QED) is 0.331. The van der Waals surface area contributed by atoms with E-state index < -0.39 is 28.5 Å². The first-order chi connectivity index (χ1) is 18.4. The Morgan fingerprint density at radius 2 is 1.62 bits per heavy atom.